The highest BCUT2D eigenvalue weighted by molar-refractivity contribution is 5.77. The van der Waals surface area contributed by atoms with Gasteiger partial charge in [-0.3, -0.25) is 19.6 Å². The van der Waals surface area contributed by atoms with Gasteiger partial charge in [-0.15, -0.1) is 0 Å². The number of pyridine rings is 1. The van der Waals surface area contributed by atoms with Crippen molar-refractivity contribution < 1.29 is 14.3 Å². The molecule has 1 atom stereocenters. The van der Waals surface area contributed by atoms with Gasteiger partial charge in [-0.1, -0.05) is 6.07 Å². The molecule has 2 aliphatic rings. The Labute approximate surface area is 149 Å². The van der Waals surface area contributed by atoms with Gasteiger partial charge in [0.15, 0.2) is 0 Å². The summed E-state index contributed by atoms with van der Waals surface area (Å²) in [6.45, 7) is 8.18. The molecule has 0 saturated carbocycles. The number of nitrogens with one attached hydrogen (secondary N) is 1. The number of amides is 1. The number of carbonyl (C=O) groups is 1. The number of likely N-dealkylation sites (N-methyl/N-ethyl adjacent to an activating group) is 1. The van der Waals surface area contributed by atoms with Crippen LogP contribution in [0.5, 0.6) is 0 Å². The second-order valence-corrected chi connectivity index (χ2v) is 6.95. The van der Waals surface area contributed by atoms with Crippen LogP contribution in [-0.2, 0) is 20.8 Å². The van der Waals surface area contributed by atoms with Gasteiger partial charge in [0.1, 0.15) is 5.60 Å². The van der Waals surface area contributed by atoms with Crippen LogP contribution in [0.15, 0.2) is 18.2 Å². The van der Waals surface area contributed by atoms with Crippen LogP contribution < -0.4 is 5.32 Å². The van der Waals surface area contributed by atoms with Crippen molar-refractivity contribution in [3.05, 3.63) is 29.6 Å². The zero-order valence-electron chi connectivity index (χ0n) is 15.2. The molecule has 7 nitrogen and oxygen atoms in total. The largest absolute Gasteiger partial charge is 0.377 e. The highest BCUT2D eigenvalue weighted by Gasteiger charge is 2.40. The number of morpholine rings is 1. The van der Waals surface area contributed by atoms with Gasteiger partial charge in [0, 0.05) is 45.5 Å². The third-order valence-electron chi connectivity index (χ3n) is 4.73. The van der Waals surface area contributed by atoms with E-state index in [9.17, 15) is 4.79 Å². The summed E-state index contributed by atoms with van der Waals surface area (Å²) in [5.74, 6) is 0.0219. The molecule has 1 N–H and O–H groups in total. The Balaban J connectivity index is 1.66. The first kappa shape index (κ1) is 18.3. The molecule has 1 amide bonds. The summed E-state index contributed by atoms with van der Waals surface area (Å²) in [5.41, 5.74) is 1.73. The lowest BCUT2D eigenvalue weighted by molar-refractivity contribution is -0.144. The fraction of sp³-hybridized carbons (Fsp3) is 0.667. The number of rotatable bonds is 4. The predicted octanol–water partition coefficient (Wildman–Crippen LogP) is 0.0392. The Morgan fingerprint density at radius 2 is 2.08 bits per heavy atom. The van der Waals surface area contributed by atoms with Crippen LogP contribution in [-0.4, -0.2) is 85.9 Å². The van der Waals surface area contributed by atoms with Crippen LogP contribution in [0.2, 0.25) is 0 Å². The van der Waals surface area contributed by atoms with Crippen molar-refractivity contribution in [3.63, 3.8) is 0 Å². The van der Waals surface area contributed by atoms with Crippen LogP contribution in [0, 0.1) is 6.92 Å². The van der Waals surface area contributed by atoms with E-state index < -0.39 is 0 Å². The zero-order valence-corrected chi connectivity index (χ0v) is 15.2. The van der Waals surface area contributed by atoms with Gasteiger partial charge in [0.25, 0.3) is 0 Å². The van der Waals surface area contributed by atoms with E-state index in [1.807, 2.05) is 19.1 Å². The molecule has 25 heavy (non-hydrogen) atoms. The van der Waals surface area contributed by atoms with Gasteiger partial charge in [0.05, 0.1) is 32.1 Å². The predicted molar refractivity (Wildman–Crippen MR) is 94.3 cm³/mol. The second-order valence-electron chi connectivity index (χ2n) is 6.95. The minimum Gasteiger partial charge on any atom is -0.377 e. The fourth-order valence-electron chi connectivity index (χ4n) is 3.56. The lowest BCUT2D eigenvalue weighted by atomic mass is 10.0. The molecule has 0 bridgehead atoms. The van der Waals surface area contributed by atoms with E-state index in [0.29, 0.717) is 32.9 Å². The van der Waals surface area contributed by atoms with E-state index >= 15 is 0 Å². The summed E-state index contributed by atoms with van der Waals surface area (Å²) in [5, 5.41) is 2.69. The molecule has 0 aromatic carbocycles. The van der Waals surface area contributed by atoms with Crippen molar-refractivity contribution in [2.75, 3.05) is 59.6 Å². The summed E-state index contributed by atoms with van der Waals surface area (Å²) in [4.78, 5) is 20.9. The normalized spacial score (nSPS) is 25.7. The number of aromatic nitrogens is 1. The summed E-state index contributed by atoms with van der Waals surface area (Å²) >= 11 is 0. The van der Waals surface area contributed by atoms with E-state index in [1.54, 1.807) is 7.05 Å². The minimum atomic E-state index is -0.382. The molecule has 3 heterocycles. The molecule has 1 aromatic heterocycles. The van der Waals surface area contributed by atoms with Gasteiger partial charge < -0.3 is 14.8 Å². The maximum Gasteiger partial charge on any atom is 0.233 e. The summed E-state index contributed by atoms with van der Waals surface area (Å²) in [6, 6.07) is 6.13. The van der Waals surface area contributed by atoms with Gasteiger partial charge in [-0.05, 0) is 19.1 Å². The highest BCUT2D eigenvalue weighted by Crippen LogP contribution is 2.23. The molecule has 1 unspecified atom stereocenters. The number of aryl methyl sites for hydroxylation is 1. The number of hydrogen-bond donors (Lipinski definition) is 1. The average molecular weight is 348 g/mol. The number of carbonyl (C=O) groups excluding carboxylic acids is 1. The third kappa shape index (κ3) is 4.98. The van der Waals surface area contributed by atoms with Crippen LogP contribution >= 0.6 is 0 Å². The Morgan fingerprint density at radius 1 is 1.28 bits per heavy atom. The SMILES string of the molecule is CNC(=O)CN1CCOCC2(C1)CN(Cc1cccc(C)n1)CCO2. The fourth-order valence-corrected chi connectivity index (χ4v) is 3.56. The molecule has 0 aliphatic carbocycles. The molecule has 3 rings (SSSR count). The maximum absolute atomic E-state index is 11.7. The number of hydrogen-bond acceptors (Lipinski definition) is 6. The van der Waals surface area contributed by atoms with Crippen molar-refractivity contribution in [1.82, 2.24) is 20.1 Å². The first-order valence-electron chi connectivity index (χ1n) is 8.88. The van der Waals surface area contributed by atoms with Crippen molar-refractivity contribution >= 4 is 5.91 Å². The Morgan fingerprint density at radius 3 is 2.88 bits per heavy atom. The molecular weight excluding hydrogens is 320 g/mol. The topological polar surface area (TPSA) is 66.9 Å². The standard InChI is InChI=1S/C18H28N4O3/c1-15-4-3-5-16(20-15)10-21-7-9-25-18(12-21)13-22(6-8-24-14-18)11-17(23)19-2/h3-5H,6-14H2,1-2H3,(H,19,23). The first-order valence-corrected chi connectivity index (χ1v) is 8.88. The molecular formula is C18H28N4O3. The van der Waals surface area contributed by atoms with Gasteiger partial charge in [-0.2, -0.15) is 0 Å². The molecule has 2 aliphatic heterocycles. The van der Waals surface area contributed by atoms with Gasteiger partial charge in [-0.25, -0.2) is 0 Å². The highest BCUT2D eigenvalue weighted by atomic mass is 16.5. The Bertz CT molecular complexity index is 597. The molecule has 7 heteroatoms. The van der Waals surface area contributed by atoms with Gasteiger partial charge in [0.2, 0.25) is 5.91 Å². The smallest absolute Gasteiger partial charge is 0.233 e. The monoisotopic (exact) mass is 348 g/mol. The molecule has 138 valence electrons. The second kappa shape index (κ2) is 8.23. The van der Waals surface area contributed by atoms with E-state index in [4.69, 9.17) is 9.47 Å². The average Bonchev–Trinajstić information content (AvgIpc) is 2.77. The molecule has 1 aromatic rings. The summed E-state index contributed by atoms with van der Waals surface area (Å²) in [7, 11) is 1.67. The lowest BCUT2D eigenvalue weighted by Crippen LogP contribution is -2.59. The van der Waals surface area contributed by atoms with E-state index in [1.165, 1.54) is 0 Å². The van der Waals surface area contributed by atoms with Crippen LogP contribution in [0.3, 0.4) is 0 Å². The lowest BCUT2D eigenvalue weighted by Gasteiger charge is -2.43. The minimum absolute atomic E-state index is 0.0219. The van der Waals surface area contributed by atoms with Crippen LogP contribution in [0.1, 0.15) is 11.4 Å². The maximum atomic E-state index is 11.7. The molecule has 2 saturated heterocycles. The van der Waals surface area contributed by atoms with Crippen molar-refractivity contribution in [2.24, 2.45) is 0 Å². The van der Waals surface area contributed by atoms with Crippen molar-refractivity contribution in [3.8, 4) is 0 Å². The number of nitrogens with zero attached hydrogens (tertiary/aromatic N) is 3. The van der Waals surface area contributed by atoms with Crippen LogP contribution in [0.25, 0.3) is 0 Å². The van der Waals surface area contributed by atoms with E-state index in [0.717, 1.165) is 37.6 Å². The zero-order chi connectivity index (χ0) is 17.7. The first-order chi connectivity index (χ1) is 12.1. The van der Waals surface area contributed by atoms with Crippen LogP contribution in [0.4, 0.5) is 0 Å². The Kier molecular flexibility index (Phi) is 6.01. The van der Waals surface area contributed by atoms with E-state index in [2.05, 4.69) is 26.2 Å². The number of ether oxygens (including phenoxy) is 2. The molecule has 0 radical (unpaired) electrons. The quantitative estimate of drug-likeness (QED) is 0.829. The third-order valence-corrected chi connectivity index (χ3v) is 4.73. The van der Waals surface area contributed by atoms with Crippen molar-refractivity contribution in [1.29, 1.82) is 0 Å². The summed E-state index contributed by atoms with van der Waals surface area (Å²) in [6.07, 6.45) is 0. The van der Waals surface area contributed by atoms with Crippen molar-refractivity contribution in [2.45, 2.75) is 19.1 Å². The molecule has 1 spiro atoms. The van der Waals surface area contributed by atoms with Gasteiger partial charge >= 0.3 is 0 Å². The molecule has 2 fully saturated rings. The van der Waals surface area contributed by atoms with E-state index in [-0.39, 0.29) is 11.5 Å². The Hall–Kier alpha value is -1.54. The summed E-state index contributed by atoms with van der Waals surface area (Å²) < 4.78 is 12.0.